The molecule has 212 valence electrons. The molecule has 0 spiro atoms. The second-order valence-electron chi connectivity index (χ2n) is 10.6. The maximum absolute atomic E-state index is 13.6. The average Bonchev–Trinajstić information content (AvgIpc) is 2.89. The molecule has 0 bridgehead atoms. The fourth-order valence-electron chi connectivity index (χ4n) is 4.67. The summed E-state index contributed by atoms with van der Waals surface area (Å²) in [4.78, 5) is 65.4. The lowest BCUT2D eigenvalue weighted by Gasteiger charge is -2.48. The van der Waals surface area contributed by atoms with E-state index in [1.165, 1.54) is 9.80 Å². The first-order chi connectivity index (χ1) is 18.7. The summed E-state index contributed by atoms with van der Waals surface area (Å²) in [5.74, 6) is -2.02. The van der Waals surface area contributed by atoms with Gasteiger partial charge in [0.05, 0.1) is 22.1 Å². The second-order valence-corrected chi connectivity index (χ2v) is 10.6. The van der Waals surface area contributed by atoms with E-state index < -0.39 is 46.7 Å². The zero-order chi connectivity index (χ0) is 29.4. The predicted molar refractivity (Wildman–Crippen MR) is 139 cm³/mol. The van der Waals surface area contributed by atoms with Crippen LogP contribution in [0.5, 0.6) is 0 Å². The number of aromatic amines is 1. The molecule has 1 aliphatic heterocycles. The SMILES string of the molecule is CC(C)[C@H](NC(=O)c1nc2ccccc2[nH]c1=O)C(=O)N1CCN(C(=O)c2ccc(C(F)(F)F)nc2)C(C)(C)C1. The molecule has 1 aliphatic rings. The van der Waals surface area contributed by atoms with E-state index in [0.717, 1.165) is 18.3 Å². The number of amides is 3. The number of hydrogen-bond donors (Lipinski definition) is 2. The highest BCUT2D eigenvalue weighted by Crippen LogP contribution is 2.28. The summed E-state index contributed by atoms with van der Waals surface area (Å²) >= 11 is 0. The Hall–Kier alpha value is -4.29. The molecule has 2 N–H and O–H groups in total. The summed E-state index contributed by atoms with van der Waals surface area (Å²) < 4.78 is 38.6. The van der Waals surface area contributed by atoms with E-state index in [0.29, 0.717) is 11.0 Å². The van der Waals surface area contributed by atoms with Gasteiger partial charge in [-0.05, 0) is 44.0 Å². The number of para-hydroxylation sites is 2. The molecule has 1 saturated heterocycles. The average molecular weight is 559 g/mol. The van der Waals surface area contributed by atoms with Crippen molar-refractivity contribution in [3.8, 4) is 0 Å². The number of carbonyl (C=O) groups is 3. The minimum Gasteiger partial charge on any atom is -0.338 e. The third-order valence-corrected chi connectivity index (χ3v) is 6.79. The van der Waals surface area contributed by atoms with Crippen LogP contribution in [-0.4, -0.2) is 73.7 Å². The molecule has 2 aromatic heterocycles. The summed E-state index contributed by atoms with van der Waals surface area (Å²) in [6.45, 7) is 7.35. The molecule has 0 unspecified atom stereocenters. The number of pyridine rings is 1. The number of H-pyrrole nitrogens is 1. The monoisotopic (exact) mass is 558 g/mol. The molecule has 1 aromatic carbocycles. The summed E-state index contributed by atoms with van der Waals surface area (Å²) in [6.07, 6.45) is -3.72. The maximum atomic E-state index is 13.6. The van der Waals surface area contributed by atoms with E-state index in [1.54, 1.807) is 52.0 Å². The van der Waals surface area contributed by atoms with Gasteiger partial charge < -0.3 is 20.1 Å². The van der Waals surface area contributed by atoms with Gasteiger partial charge in [-0.2, -0.15) is 13.2 Å². The fourth-order valence-corrected chi connectivity index (χ4v) is 4.67. The van der Waals surface area contributed by atoms with Gasteiger partial charge in [0.1, 0.15) is 11.7 Å². The molecule has 3 amide bonds. The molecular formula is C27H29F3N6O4. The number of hydrogen-bond acceptors (Lipinski definition) is 6. The lowest BCUT2D eigenvalue weighted by molar-refractivity contribution is -0.141. The highest BCUT2D eigenvalue weighted by molar-refractivity contribution is 5.97. The first-order valence-electron chi connectivity index (χ1n) is 12.6. The number of benzene rings is 1. The number of aromatic nitrogens is 3. The van der Waals surface area contributed by atoms with Crippen molar-refractivity contribution in [1.82, 2.24) is 30.1 Å². The number of alkyl halides is 3. The van der Waals surface area contributed by atoms with Crippen LogP contribution in [0, 0.1) is 5.92 Å². The van der Waals surface area contributed by atoms with E-state index in [2.05, 4.69) is 20.3 Å². The number of nitrogens with one attached hydrogen (secondary N) is 2. The van der Waals surface area contributed by atoms with Crippen LogP contribution in [0.15, 0.2) is 47.4 Å². The van der Waals surface area contributed by atoms with Gasteiger partial charge in [-0.1, -0.05) is 26.0 Å². The first-order valence-corrected chi connectivity index (χ1v) is 12.6. The number of fused-ring (bicyclic) bond motifs is 1. The van der Waals surface area contributed by atoms with Crippen LogP contribution >= 0.6 is 0 Å². The third-order valence-electron chi connectivity index (χ3n) is 6.79. The number of nitrogens with zero attached hydrogens (tertiary/aromatic N) is 4. The Bertz CT molecular complexity index is 1500. The standard InChI is InChI=1S/C27H29F3N6O4/c1-15(2)20(34-23(38)21-22(37)33-18-8-6-5-7-17(18)32-21)25(40)35-11-12-36(26(3,4)14-35)24(39)16-9-10-19(31-13-16)27(28,29)30/h5-10,13,15,20H,11-12,14H2,1-4H3,(H,33,37)(H,34,38)/t20-/m0/s1. The Labute approximate surface area is 227 Å². The maximum Gasteiger partial charge on any atom is 0.433 e. The van der Waals surface area contributed by atoms with Crippen LogP contribution in [0.1, 0.15) is 54.2 Å². The Morgan fingerprint density at radius 3 is 2.38 bits per heavy atom. The summed E-state index contributed by atoms with van der Waals surface area (Å²) in [6, 6.07) is 7.61. The molecule has 0 radical (unpaired) electrons. The van der Waals surface area contributed by atoms with E-state index >= 15 is 0 Å². The van der Waals surface area contributed by atoms with Gasteiger partial charge in [-0.15, -0.1) is 0 Å². The lowest BCUT2D eigenvalue weighted by Crippen LogP contribution is -2.64. The quantitative estimate of drug-likeness (QED) is 0.496. The first kappa shape index (κ1) is 28.7. The Balaban J connectivity index is 1.48. The Morgan fingerprint density at radius 2 is 1.77 bits per heavy atom. The van der Waals surface area contributed by atoms with E-state index in [1.807, 2.05) is 0 Å². The number of halogens is 3. The van der Waals surface area contributed by atoms with Gasteiger partial charge in [0.15, 0.2) is 5.69 Å². The number of piperazine rings is 1. The summed E-state index contributed by atoms with van der Waals surface area (Å²) in [5, 5.41) is 2.65. The Morgan fingerprint density at radius 1 is 1.07 bits per heavy atom. The fraction of sp³-hybridized carbons (Fsp3) is 0.407. The largest absolute Gasteiger partial charge is 0.433 e. The van der Waals surface area contributed by atoms with E-state index in [-0.39, 0.29) is 36.8 Å². The van der Waals surface area contributed by atoms with Crippen LogP contribution in [0.3, 0.4) is 0 Å². The molecule has 13 heteroatoms. The smallest absolute Gasteiger partial charge is 0.338 e. The van der Waals surface area contributed by atoms with Gasteiger partial charge in [0.25, 0.3) is 17.4 Å². The zero-order valence-corrected chi connectivity index (χ0v) is 22.4. The van der Waals surface area contributed by atoms with Crippen molar-refractivity contribution in [1.29, 1.82) is 0 Å². The normalized spacial score (nSPS) is 16.2. The lowest BCUT2D eigenvalue weighted by atomic mass is 9.95. The topological polar surface area (TPSA) is 128 Å². The molecule has 10 nitrogen and oxygen atoms in total. The number of carbonyl (C=O) groups excluding carboxylic acids is 3. The molecular weight excluding hydrogens is 529 g/mol. The van der Waals surface area contributed by atoms with Gasteiger partial charge in [0.2, 0.25) is 5.91 Å². The molecule has 1 atom stereocenters. The van der Waals surface area contributed by atoms with E-state index in [9.17, 15) is 32.3 Å². The van der Waals surface area contributed by atoms with Gasteiger partial charge in [-0.3, -0.25) is 24.2 Å². The summed E-state index contributed by atoms with van der Waals surface area (Å²) in [7, 11) is 0. The van der Waals surface area contributed by atoms with Crippen LogP contribution in [-0.2, 0) is 11.0 Å². The third kappa shape index (κ3) is 5.82. The molecule has 0 aliphatic carbocycles. The highest BCUT2D eigenvalue weighted by atomic mass is 19.4. The second kappa shape index (κ2) is 10.7. The van der Waals surface area contributed by atoms with Crippen molar-refractivity contribution in [2.75, 3.05) is 19.6 Å². The van der Waals surface area contributed by atoms with E-state index in [4.69, 9.17) is 0 Å². The predicted octanol–water partition coefficient (Wildman–Crippen LogP) is 2.85. The van der Waals surface area contributed by atoms with Crippen LogP contribution in [0.4, 0.5) is 13.2 Å². The van der Waals surface area contributed by atoms with Crippen molar-refractivity contribution >= 4 is 28.8 Å². The highest BCUT2D eigenvalue weighted by Gasteiger charge is 2.41. The van der Waals surface area contributed by atoms with Crippen LogP contribution < -0.4 is 10.9 Å². The molecule has 3 heterocycles. The van der Waals surface area contributed by atoms with Crippen molar-refractivity contribution in [2.45, 2.75) is 45.5 Å². The van der Waals surface area contributed by atoms with Gasteiger partial charge >= 0.3 is 6.18 Å². The van der Waals surface area contributed by atoms with Gasteiger partial charge in [0, 0.05) is 25.8 Å². The van der Waals surface area contributed by atoms with Crippen LogP contribution in [0.2, 0.25) is 0 Å². The molecule has 40 heavy (non-hydrogen) atoms. The molecule has 3 aromatic rings. The molecule has 0 saturated carbocycles. The molecule has 1 fully saturated rings. The summed E-state index contributed by atoms with van der Waals surface area (Å²) in [5.41, 5.74) is -2.12. The van der Waals surface area contributed by atoms with Crippen LogP contribution in [0.25, 0.3) is 11.0 Å². The zero-order valence-electron chi connectivity index (χ0n) is 22.4. The van der Waals surface area contributed by atoms with Crippen molar-refractivity contribution in [2.24, 2.45) is 5.92 Å². The van der Waals surface area contributed by atoms with Gasteiger partial charge in [-0.25, -0.2) is 4.98 Å². The number of rotatable bonds is 5. The minimum atomic E-state index is -4.62. The van der Waals surface area contributed by atoms with Crippen molar-refractivity contribution < 1.29 is 27.6 Å². The van der Waals surface area contributed by atoms with Crippen molar-refractivity contribution in [3.63, 3.8) is 0 Å². The molecule has 4 rings (SSSR count). The minimum absolute atomic E-state index is 0.00118. The van der Waals surface area contributed by atoms with Crippen molar-refractivity contribution in [3.05, 3.63) is 69.9 Å². The Kier molecular flexibility index (Phi) is 7.68.